The van der Waals surface area contributed by atoms with Crippen LogP contribution in [0.2, 0.25) is 5.15 Å². The van der Waals surface area contributed by atoms with E-state index >= 15 is 0 Å². The molecule has 3 nitrogen and oxygen atoms in total. The Bertz CT molecular complexity index is 621. The molecule has 0 N–H and O–H groups in total. The Morgan fingerprint density at radius 2 is 2.00 bits per heavy atom. The van der Waals surface area contributed by atoms with Crippen LogP contribution in [0.3, 0.4) is 0 Å². The average Bonchev–Trinajstić information content (AvgIpc) is 2.90. The number of ether oxygens (including phenoxy) is 1. The van der Waals surface area contributed by atoms with Crippen LogP contribution in [0.4, 0.5) is 0 Å². The van der Waals surface area contributed by atoms with Gasteiger partial charge in [-0.1, -0.05) is 29.8 Å². The van der Waals surface area contributed by atoms with Gasteiger partial charge in [-0.25, -0.2) is 9.78 Å². The number of hydrogen-bond donors (Lipinski definition) is 0. The van der Waals surface area contributed by atoms with E-state index in [0.29, 0.717) is 16.2 Å². The summed E-state index contributed by atoms with van der Waals surface area (Å²) in [5.41, 5.74) is 1.22. The molecule has 0 amide bonds. The van der Waals surface area contributed by atoms with Gasteiger partial charge in [0, 0.05) is 5.39 Å². The molecular formula is C15H14ClNO2. The Labute approximate surface area is 116 Å². The Hall–Kier alpha value is -1.61. The number of rotatable bonds is 2. The summed E-state index contributed by atoms with van der Waals surface area (Å²) in [5.74, 6) is -0.299. The highest BCUT2D eigenvalue weighted by molar-refractivity contribution is 6.30. The maximum Gasteiger partial charge on any atom is 0.339 e. The van der Waals surface area contributed by atoms with Gasteiger partial charge in [0.1, 0.15) is 11.3 Å². The molecule has 1 heterocycles. The van der Waals surface area contributed by atoms with Crippen LogP contribution in [-0.4, -0.2) is 17.1 Å². The lowest BCUT2D eigenvalue weighted by molar-refractivity contribution is 0.0320. The van der Waals surface area contributed by atoms with E-state index in [-0.39, 0.29) is 12.1 Å². The molecule has 0 saturated heterocycles. The molecule has 1 aliphatic carbocycles. The van der Waals surface area contributed by atoms with Crippen LogP contribution >= 0.6 is 11.6 Å². The maximum absolute atomic E-state index is 12.3. The van der Waals surface area contributed by atoms with Gasteiger partial charge in [-0.3, -0.25) is 0 Å². The number of benzene rings is 1. The van der Waals surface area contributed by atoms with E-state index in [9.17, 15) is 4.79 Å². The SMILES string of the molecule is O=C(OC1CCCC1)c1cc(Cl)nc2ccccc12. The molecule has 1 aromatic carbocycles. The van der Waals surface area contributed by atoms with Gasteiger partial charge < -0.3 is 4.74 Å². The molecule has 0 unspecified atom stereocenters. The molecule has 0 aliphatic heterocycles. The topological polar surface area (TPSA) is 39.2 Å². The van der Waals surface area contributed by atoms with Crippen molar-refractivity contribution in [2.75, 3.05) is 0 Å². The summed E-state index contributed by atoms with van der Waals surface area (Å²) in [7, 11) is 0. The Morgan fingerprint density at radius 3 is 2.79 bits per heavy atom. The van der Waals surface area contributed by atoms with Gasteiger partial charge in [0.05, 0.1) is 11.1 Å². The molecule has 2 aromatic rings. The van der Waals surface area contributed by atoms with Crippen molar-refractivity contribution >= 4 is 28.5 Å². The van der Waals surface area contributed by atoms with Crippen molar-refractivity contribution in [3.63, 3.8) is 0 Å². The lowest BCUT2D eigenvalue weighted by Gasteiger charge is -2.12. The lowest BCUT2D eigenvalue weighted by Crippen LogP contribution is -2.15. The highest BCUT2D eigenvalue weighted by Gasteiger charge is 2.21. The molecule has 4 heteroatoms. The molecule has 0 bridgehead atoms. The highest BCUT2D eigenvalue weighted by Crippen LogP contribution is 2.25. The van der Waals surface area contributed by atoms with Gasteiger partial charge >= 0.3 is 5.97 Å². The molecule has 1 saturated carbocycles. The van der Waals surface area contributed by atoms with Crippen LogP contribution in [0.15, 0.2) is 30.3 Å². The second kappa shape index (κ2) is 5.17. The quantitative estimate of drug-likeness (QED) is 0.614. The van der Waals surface area contributed by atoms with Crippen molar-refractivity contribution < 1.29 is 9.53 Å². The van der Waals surface area contributed by atoms with Gasteiger partial charge in [-0.15, -0.1) is 0 Å². The molecule has 19 heavy (non-hydrogen) atoms. The Balaban J connectivity index is 1.96. The molecule has 1 fully saturated rings. The average molecular weight is 276 g/mol. The zero-order valence-electron chi connectivity index (χ0n) is 10.4. The van der Waals surface area contributed by atoms with Crippen molar-refractivity contribution in [2.45, 2.75) is 31.8 Å². The molecular weight excluding hydrogens is 262 g/mol. The number of carbonyl (C=O) groups is 1. The van der Waals surface area contributed by atoms with Gasteiger partial charge in [-0.05, 0) is 37.8 Å². The third kappa shape index (κ3) is 2.56. The lowest BCUT2D eigenvalue weighted by atomic mass is 10.1. The van der Waals surface area contributed by atoms with Gasteiger partial charge in [0.2, 0.25) is 0 Å². The van der Waals surface area contributed by atoms with Crippen LogP contribution in [0.1, 0.15) is 36.0 Å². The van der Waals surface area contributed by atoms with Crippen molar-refractivity contribution in [3.05, 3.63) is 41.0 Å². The minimum Gasteiger partial charge on any atom is -0.459 e. The standard InChI is InChI=1S/C15H14ClNO2/c16-14-9-12(11-7-3-4-8-13(11)17-14)15(18)19-10-5-1-2-6-10/h3-4,7-10H,1-2,5-6H2. The Kier molecular flexibility index (Phi) is 3.38. The van der Waals surface area contributed by atoms with E-state index in [0.717, 1.165) is 31.1 Å². The molecule has 3 rings (SSSR count). The monoisotopic (exact) mass is 275 g/mol. The van der Waals surface area contributed by atoms with E-state index in [1.165, 1.54) is 0 Å². The third-order valence-electron chi connectivity index (χ3n) is 3.48. The number of hydrogen-bond acceptors (Lipinski definition) is 3. The first-order valence-electron chi connectivity index (χ1n) is 6.50. The molecule has 0 spiro atoms. The van der Waals surface area contributed by atoms with Gasteiger partial charge in [-0.2, -0.15) is 0 Å². The summed E-state index contributed by atoms with van der Waals surface area (Å²) in [5, 5.41) is 1.10. The summed E-state index contributed by atoms with van der Waals surface area (Å²) in [6.45, 7) is 0. The Morgan fingerprint density at radius 1 is 1.26 bits per heavy atom. The minimum atomic E-state index is -0.299. The zero-order valence-corrected chi connectivity index (χ0v) is 11.2. The summed E-state index contributed by atoms with van der Waals surface area (Å²) in [4.78, 5) is 16.5. The number of esters is 1. The smallest absolute Gasteiger partial charge is 0.339 e. The van der Waals surface area contributed by atoms with Crippen molar-refractivity contribution in [2.24, 2.45) is 0 Å². The normalized spacial score (nSPS) is 15.8. The number of pyridine rings is 1. The van der Waals surface area contributed by atoms with Crippen molar-refractivity contribution in [1.29, 1.82) is 0 Å². The van der Waals surface area contributed by atoms with E-state index in [2.05, 4.69) is 4.98 Å². The van der Waals surface area contributed by atoms with Crippen LogP contribution in [0.25, 0.3) is 10.9 Å². The number of aromatic nitrogens is 1. The number of carbonyl (C=O) groups excluding carboxylic acids is 1. The first kappa shape index (κ1) is 12.4. The number of halogens is 1. The van der Waals surface area contributed by atoms with E-state index in [1.54, 1.807) is 6.07 Å². The summed E-state index contributed by atoms with van der Waals surface area (Å²) in [6, 6.07) is 9.04. The van der Waals surface area contributed by atoms with Crippen LogP contribution in [-0.2, 0) is 4.74 Å². The van der Waals surface area contributed by atoms with Crippen molar-refractivity contribution in [1.82, 2.24) is 4.98 Å². The molecule has 0 atom stereocenters. The first-order chi connectivity index (χ1) is 9.24. The fourth-order valence-electron chi connectivity index (χ4n) is 2.53. The third-order valence-corrected chi connectivity index (χ3v) is 3.67. The second-order valence-corrected chi connectivity index (χ2v) is 5.21. The highest BCUT2D eigenvalue weighted by atomic mass is 35.5. The molecule has 0 radical (unpaired) electrons. The fraction of sp³-hybridized carbons (Fsp3) is 0.333. The van der Waals surface area contributed by atoms with E-state index < -0.39 is 0 Å². The molecule has 98 valence electrons. The minimum absolute atomic E-state index is 0.0539. The van der Waals surface area contributed by atoms with E-state index in [4.69, 9.17) is 16.3 Å². The molecule has 1 aromatic heterocycles. The predicted octanol–water partition coefficient (Wildman–Crippen LogP) is 3.99. The van der Waals surface area contributed by atoms with Gasteiger partial charge in [0.25, 0.3) is 0 Å². The van der Waals surface area contributed by atoms with Crippen molar-refractivity contribution in [3.8, 4) is 0 Å². The first-order valence-corrected chi connectivity index (χ1v) is 6.88. The maximum atomic E-state index is 12.3. The number of fused-ring (bicyclic) bond motifs is 1. The number of para-hydroxylation sites is 1. The van der Waals surface area contributed by atoms with Gasteiger partial charge in [0.15, 0.2) is 0 Å². The van der Waals surface area contributed by atoms with Crippen LogP contribution in [0.5, 0.6) is 0 Å². The predicted molar refractivity (Wildman–Crippen MR) is 74.4 cm³/mol. The fourth-order valence-corrected chi connectivity index (χ4v) is 2.73. The number of nitrogens with zero attached hydrogens (tertiary/aromatic N) is 1. The van der Waals surface area contributed by atoms with Crippen LogP contribution < -0.4 is 0 Å². The van der Waals surface area contributed by atoms with Crippen LogP contribution in [0, 0.1) is 0 Å². The van der Waals surface area contributed by atoms with E-state index in [1.807, 2.05) is 24.3 Å². The summed E-state index contributed by atoms with van der Waals surface area (Å²) < 4.78 is 5.54. The largest absolute Gasteiger partial charge is 0.459 e. The summed E-state index contributed by atoms with van der Waals surface area (Å²) in [6.07, 6.45) is 4.24. The zero-order chi connectivity index (χ0) is 13.2. The summed E-state index contributed by atoms with van der Waals surface area (Å²) >= 11 is 5.97. The molecule has 1 aliphatic rings. The second-order valence-electron chi connectivity index (χ2n) is 4.82.